The summed E-state index contributed by atoms with van der Waals surface area (Å²) >= 11 is 0. The molecule has 3 rings (SSSR count). The topological polar surface area (TPSA) is 76.6 Å². The number of fused-ring (bicyclic) bond motifs is 1. The highest BCUT2D eigenvalue weighted by Crippen LogP contribution is 2.24. The lowest BCUT2D eigenvalue weighted by atomic mass is 9.96. The van der Waals surface area contributed by atoms with Gasteiger partial charge in [-0.05, 0) is 42.5 Å². The number of quaternary nitrogens is 1. The second kappa shape index (κ2) is 7.13. The van der Waals surface area contributed by atoms with Crippen molar-refractivity contribution in [3.8, 4) is 0 Å². The van der Waals surface area contributed by atoms with E-state index in [9.17, 15) is 9.59 Å². The van der Waals surface area contributed by atoms with Crippen molar-refractivity contribution in [3.05, 3.63) is 29.3 Å². The Morgan fingerprint density at radius 2 is 1.91 bits per heavy atom. The van der Waals surface area contributed by atoms with E-state index in [1.165, 1.54) is 22.4 Å². The van der Waals surface area contributed by atoms with Gasteiger partial charge in [0.15, 0.2) is 0 Å². The number of aryl methyl sites for hydroxylation is 2. The number of rotatable bonds is 5. The van der Waals surface area contributed by atoms with Crippen LogP contribution >= 0.6 is 0 Å². The normalized spacial score (nSPS) is 23.3. The maximum Gasteiger partial charge on any atom is 0.230 e. The standard InChI is InChI=1S/C18H25N3O2/c19-18(23)14-6-9-21(10-7-14)11-8-17(22)20-16-5-4-13-2-1-3-15(13)12-16/h4-5,12,14H,1-3,6-11H2,(H2,19,23)(H,20,22)/p+1. The van der Waals surface area contributed by atoms with Crippen LogP contribution in [0.1, 0.15) is 36.8 Å². The Kier molecular flexibility index (Phi) is 4.96. The van der Waals surface area contributed by atoms with Crippen LogP contribution in [-0.2, 0) is 22.4 Å². The first-order chi connectivity index (χ1) is 11.1. The van der Waals surface area contributed by atoms with Crippen LogP contribution in [0.15, 0.2) is 18.2 Å². The molecule has 1 aromatic carbocycles. The van der Waals surface area contributed by atoms with Gasteiger partial charge >= 0.3 is 0 Å². The maximum atomic E-state index is 12.1. The molecule has 1 aromatic rings. The summed E-state index contributed by atoms with van der Waals surface area (Å²) in [6.45, 7) is 2.68. The van der Waals surface area contributed by atoms with Gasteiger partial charge in [0.2, 0.25) is 11.8 Å². The summed E-state index contributed by atoms with van der Waals surface area (Å²) in [6, 6.07) is 6.26. The van der Waals surface area contributed by atoms with Crippen molar-refractivity contribution >= 4 is 17.5 Å². The van der Waals surface area contributed by atoms with Crippen LogP contribution in [0.4, 0.5) is 5.69 Å². The van der Waals surface area contributed by atoms with Crippen molar-refractivity contribution in [1.82, 2.24) is 0 Å². The number of primary amides is 1. The van der Waals surface area contributed by atoms with E-state index in [0.717, 1.165) is 51.0 Å². The number of nitrogens with two attached hydrogens (primary N) is 1. The average molecular weight is 316 g/mol. The predicted molar refractivity (Wildman–Crippen MR) is 89.2 cm³/mol. The number of anilines is 1. The lowest BCUT2D eigenvalue weighted by Crippen LogP contribution is -3.13. The molecule has 0 saturated carbocycles. The van der Waals surface area contributed by atoms with Crippen molar-refractivity contribution in [1.29, 1.82) is 0 Å². The summed E-state index contributed by atoms with van der Waals surface area (Å²) in [4.78, 5) is 24.7. The number of amides is 2. The Labute approximate surface area is 137 Å². The molecule has 23 heavy (non-hydrogen) atoms. The lowest BCUT2D eigenvalue weighted by molar-refractivity contribution is -0.905. The summed E-state index contributed by atoms with van der Waals surface area (Å²) in [5.41, 5.74) is 9.06. The minimum absolute atomic E-state index is 0.0268. The minimum atomic E-state index is -0.182. The quantitative estimate of drug-likeness (QED) is 0.730. The van der Waals surface area contributed by atoms with Crippen LogP contribution in [0.25, 0.3) is 0 Å². The summed E-state index contributed by atoms with van der Waals surface area (Å²) in [5.74, 6) is -0.0788. The first-order valence-corrected chi connectivity index (χ1v) is 8.66. The second-order valence-electron chi connectivity index (χ2n) is 6.81. The molecule has 5 heteroatoms. The molecule has 0 bridgehead atoms. The molecule has 0 unspecified atom stereocenters. The van der Waals surface area contributed by atoms with Gasteiger partial charge in [0, 0.05) is 24.4 Å². The van der Waals surface area contributed by atoms with Gasteiger partial charge in [-0.2, -0.15) is 0 Å². The molecule has 2 amide bonds. The van der Waals surface area contributed by atoms with Gasteiger partial charge in [0.05, 0.1) is 26.1 Å². The van der Waals surface area contributed by atoms with E-state index in [1.807, 2.05) is 6.07 Å². The monoisotopic (exact) mass is 316 g/mol. The molecule has 0 radical (unpaired) electrons. The van der Waals surface area contributed by atoms with E-state index in [1.54, 1.807) is 0 Å². The third-order valence-electron chi connectivity index (χ3n) is 5.18. The Hall–Kier alpha value is -1.88. The summed E-state index contributed by atoms with van der Waals surface area (Å²) in [6.07, 6.45) is 5.71. The van der Waals surface area contributed by atoms with Gasteiger partial charge < -0.3 is 16.0 Å². The zero-order valence-corrected chi connectivity index (χ0v) is 13.6. The minimum Gasteiger partial charge on any atom is -0.369 e. The number of benzene rings is 1. The Bertz CT molecular complexity index is 592. The first kappa shape index (κ1) is 16.0. The van der Waals surface area contributed by atoms with Crippen LogP contribution < -0.4 is 16.0 Å². The lowest BCUT2D eigenvalue weighted by Gasteiger charge is -2.27. The molecule has 0 atom stereocenters. The molecule has 124 valence electrons. The molecule has 4 N–H and O–H groups in total. The third kappa shape index (κ3) is 4.10. The fourth-order valence-electron chi connectivity index (χ4n) is 3.72. The second-order valence-corrected chi connectivity index (χ2v) is 6.81. The maximum absolute atomic E-state index is 12.1. The fourth-order valence-corrected chi connectivity index (χ4v) is 3.72. The zero-order chi connectivity index (χ0) is 16.2. The predicted octanol–water partition coefficient (Wildman–Crippen LogP) is 0.284. The average Bonchev–Trinajstić information content (AvgIpc) is 3.01. The molecule has 0 aromatic heterocycles. The van der Waals surface area contributed by atoms with Gasteiger partial charge in [0.1, 0.15) is 0 Å². The molecule has 5 nitrogen and oxygen atoms in total. The van der Waals surface area contributed by atoms with Crippen LogP contribution in [0.5, 0.6) is 0 Å². The van der Waals surface area contributed by atoms with Crippen molar-refractivity contribution in [2.45, 2.75) is 38.5 Å². The van der Waals surface area contributed by atoms with Crippen LogP contribution in [-0.4, -0.2) is 31.4 Å². The number of likely N-dealkylation sites (tertiary alicyclic amines) is 1. The van der Waals surface area contributed by atoms with Crippen LogP contribution in [0.3, 0.4) is 0 Å². The number of piperidine rings is 1. The van der Waals surface area contributed by atoms with Crippen molar-refractivity contribution < 1.29 is 14.5 Å². The van der Waals surface area contributed by atoms with Crippen LogP contribution in [0.2, 0.25) is 0 Å². The Balaban J connectivity index is 1.43. The molecule has 2 aliphatic rings. The molecule has 1 aliphatic heterocycles. The Morgan fingerprint density at radius 3 is 2.65 bits per heavy atom. The number of carbonyl (C=O) groups is 2. The van der Waals surface area contributed by atoms with Crippen LogP contribution in [0, 0.1) is 5.92 Å². The molecule has 1 heterocycles. The highest BCUT2D eigenvalue weighted by atomic mass is 16.2. The van der Waals surface area contributed by atoms with E-state index >= 15 is 0 Å². The van der Waals surface area contributed by atoms with E-state index in [-0.39, 0.29) is 17.7 Å². The first-order valence-electron chi connectivity index (χ1n) is 8.66. The van der Waals surface area contributed by atoms with Gasteiger partial charge in [-0.15, -0.1) is 0 Å². The molecule has 0 spiro atoms. The highest BCUT2D eigenvalue weighted by molar-refractivity contribution is 5.90. The number of nitrogens with one attached hydrogen (secondary N) is 2. The SMILES string of the molecule is NC(=O)C1CC[NH+](CCC(=O)Nc2ccc3c(c2)CCC3)CC1. The summed E-state index contributed by atoms with van der Waals surface area (Å²) in [5, 5.41) is 3.01. The van der Waals surface area contributed by atoms with Gasteiger partial charge in [-0.25, -0.2) is 0 Å². The zero-order valence-electron chi connectivity index (χ0n) is 13.6. The van der Waals surface area contributed by atoms with Crippen molar-refractivity contribution in [2.24, 2.45) is 11.7 Å². The molecular formula is C18H26N3O2+. The van der Waals surface area contributed by atoms with Gasteiger partial charge in [-0.3, -0.25) is 9.59 Å². The smallest absolute Gasteiger partial charge is 0.230 e. The van der Waals surface area contributed by atoms with E-state index < -0.39 is 0 Å². The summed E-state index contributed by atoms with van der Waals surface area (Å²) in [7, 11) is 0. The van der Waals surface area contributed by atoms with Gasteiger partial charge in [-0.1, -0.05) is 6.07 Å². The van der Waals surface area contributed by atoms with Crippen molar-refractivity contribution in [2.75, 3.05) is 25.0 Å². The number of hydrogen-bond donors (Lipinski definition) is 3. The summed E-state index contributed by atoms with van der Waals surface area (Å²) < 4.78 is 0. The fraction of sp³-hybridized carbons (Fsp3) is 0.556. The van der Waals surface area contributed by atoms with E-state index in [4.69, 9.17) is 5.73 Å². The number of carbonyl (C=O) groups excluding carboxylic acids is 2. The highest BCUT2D eigenvalue weighted by Gasteiger charge is 2.25. The number of hydrogen-bond acceptors (Lipinski definition) is 2. The molecule has 1 fully saturated rings. The molecular weight excluding hydrogens is 290 g/mol. The molecule has 1 aliphatic carbocycles. The third-order valence-corrected chi connectivity index (χ3v) is 5.18. The van der Waals surface area contributed by atoms with E-state index in [0.29, 0.717) is 6.42 Å². The largest absolute Gasteiger partial charge is 0.369 e. The molecule has 1 saturated heterocycles. The van der Waals surface area contributed by atoms with Gasteiger partial charge in [0.25, 0.3) is 0 Å². The van der Waals surface area contributed by atoms with Crippen molar-refractivity contribution in [3.63, 3.8) is 0 Å². The Morgan fingerprint density at radius 1 is 1.17 bits per heavy atom. The van der Waals surface area contributed by atoms with E-state index in [2.05, 4.69) is 17.4 Å².